The molecule has 0 unspecified atom stereocenters. The molecule has 0 spiro atoms. The molecule has 3 aromatic rings. The number of aromatic amines is 1. The van der Waals surface area contributed by atoms with Crippen LogP contribution in [0.25, 0.3) is 22.0 Å². The first-order valence-corrected chi connectivity index (χ1v) is 5.82. The maximum Gasteiger partial charge on any atom is 0.265 e. The zero-order valence-electron chi connectivity index (χ0n) is 9.98. The molecule has 3 nitrogen and oxygen atoms in total. The van der Waals surface area contributed by atoms with Gasteiger partial charge in [-0.15, -0.1) is 0 Å². The number of amides is 1. The van der Waals surface area contributed by atoms with Gasteiger partial charge in [0.2, 0.25) is 0 Å². The number of nitrogens with one attached hydrogen (secondary N) is 1. The number of primary amides is 1. The number of nitrogens with two attached hydrogens (primary N) is 1. The number of H-pyrrole nitrogens is 1. The van der Waals surface area contributed by atoms with Crippen LogP contribution >= 0.6 is 0 Å². The van der Waals surface area contributed by atoms with Crippen molar-refractivity contribution in [3.63, 3.8) is 0 Å². The summed E-state index contributed by atoms with van der Waals surface area (Å²) in [5, 5.41) is 0.899. The lowest BCUT2D eigenvalue weighted by atomic mass is 10.0. The molecule has 0 bridgehead atoms. The summed E-state index contributed by atoms with van der Waals surface area (Å²) in [5.74, 6) is -0.748. The molecule has 1 heterocycles. The van der Waals surface area contributed by atoms with E-state index in [9.17, 15) is 9.18 Å². The average molecular weight is 254 g/mol. The molecule has 0 aliphatic heterocycles. The van der Waals surface area contributed by atoms with E-state index < -0.39 is 5.91 Å². The molecule has 0 atom stereocenters. The number of carbonyl (C=O) groups is 1. The molecule has 2 aromatic carbocycles. The predicted molar refractivity (Wildman–Crippen MR) is 72.2 cm³/mol. The summed E-state index contributed by atoms with van der Waals surface area (Å²) in [7, 11) is 0. The van der Waals surface area contributed by atoms with E-state index in [1.807, 2.05) is 18.2 Å². The lowest BCUT2D eigenvalue weighted by Crippen LogP contribution is -2.10. The van der Waals surface area contributed by atoms with Gasteiger partial charge in [-0.25, -0.2) is 4.39 Å². The Hall–Kier alpha value is -2.62. The van der Waals surface area contributed by atoms with Crippen LogP contribution in [0.2, 0.25) is 0 Å². The van der Waals surface area contributed by atoms with Gasteiger partial charge in [0.1, 0.15) is 11.5 Å². The summed E-state index contributed by atoms with van der Waals surface area (Å²) in [4.78, 5) is 14.1. The standard InChI is InChI=1S/C15H11FN2O/c16-12-4-1-9(2-5-12)10-3-6-13-11(7-10)8-14(18-13)15(17)19/h1-8,18H,(H2,17,19). The molecule has 1 amide bonds. The van der Waals surface area contributed by atoms with Crippen molar-refractivity contribution in [2.75, 3.05) is 0 Å². The average Bonchev–Trinajstić information content (AvgIpc) is 2.82. The third-order valence-electron chi connectivity index (χ3n) is 3.06. The van der Waals surface area contributed by atoms with Gasteiger partial charge in [0.05, 0.1) is 0 Å². The summed E-state index contributed by atoms with van der Waals surface area (Å²) < 4.78 is 12.9. The van der Waals surface area contributed by atoms with Crippen molar-refractivity contribution in [1.82, 2.24) is 4.98 Å². The van der Waals surface area contributed by atoms with Gasteiger partial charge in [-0.2, -0.15) is 0 Å². The number of hydrogen-bond acceptors (Lipinski definition) is 1. The second kappa shape index (κ2) is 4.24. The molecule has 0 aliphatic rings. The van der Waals surface area contributed by atoms with Gasteiger partial charge in [-0.3, -0.25) is 4.79 Å². The second-order valence-corrected chi connectivity index (χ2v) is 4.36. The quantitative estimate of drug-likeness (QED) is 0.725. The van der Waals surface area contributed by atoms with Crippen LogP contribution in [0, 0.1) is 5.82 Å². The number of benzene rings is 2. The molecule has 3 N–H and O–H groups in total. The van der Waals surface area contributed by atoms with Crippen LogP contribution < -0.4 is 5.73 Å². The van der Waals surface area contributed by atoms with Gasteiger partial charge in [0.25, 0.3) is 5.91 Å². The summed E-state index contributed by atoms with van der Waals surface area (Å²) in [6, 6.07) is 13.7. The zero-order valence-corrected chi connectivity index (χ0v) is 9.98. The van der Waals surface area contributed by atoms with Crippen LogP contribution in [-0.4, -0.2) is 10.9 Å². The number of hydrogen-bond donors (Lipinski definition) is 2. The summed E-state index contributed by atoms with van der Waals surface area (Å²) in [5.41, 5.74) is 8.34. The second-order valence-electron chi connectivity index (χ2n) is 4.36. The van der Waals surface area contributed by atoms with Gasteiger partial charge in [0, 0.05) is 10.9 Å². The first-order valence-electron chi connectivity index (χ1n) is 5.82. The number of rotatable bonds is 2. The molecule has 0 saturated heterocycles. The Bertz CT molecular complexity index is 759. The SMILES string of the molecule is NC(=O)c1cc2cc(-c3ccc(F)cc3)ccc2[nH]1. The van der Waals surface area contributed by atoms with Gasteiger partial charge < -0.3 is 10.7 Å². The van der Waals surface area contributed by atoms with Crippen LogP contribution in [-0.2, 0) is 0 Å². The van der Waals surface area contributed by atoms with E-state index in [4.69, 9.17) is 5.73 Å². The molecule has 0 fully saturated rings. The molecular weight excluding hydrogens is 243 g/mol. The first-order chi connectivity index (χ1) is 9.13. The molecule has 3 rings (SSSR count). The highest BCUT2D eigenvalue weighted by Crippen LogP contribution is 2.25. The maximum atomic E-state index is 12.9. The van der Waals surface area contributed by atoms with Crippen LogP contribution in [0.4, 0.5) is 4.39 Å². The topological polar surface area (TPSA) is 58.9 Å². The number of carbonyl (C=O) groups excluding carboxylic acids is 1. The fourth-order valence-electron chi connectivity index (χ4n) is 2.09. The Morgan fingerprint density at radius 3 is 2.37 bits per heavy atom. The van der Waals surface area contributed by atoms with E-state index >= 15 is 0 Å². The van der Waals surface area contributed by atoms with E-state index in [1.54, 1.807) is 18.2 Å². The lowest BCUT2D eigenvalue weighted by Gasteiger charge is -2.01. The number of aromatic nitrogens is 1. The van der Waals surface area contributed by atoms with Crippen molar-refractivity contribution in [3.8, 4) is 11.1 Å². The first kappa shape index (κ1) is 11.5. The fourth-order valence-corrected chi connectivity index (χ4v) is 2.09. The predicted octanol–water partition coefficient (Wildman–Crippen LogP) is 3.07. The Morgan fingerprint density at radius 2 is 1.68 bits per heavy atom. The molecule has 0 aliphatic carbocycles. The highest BCUT2D eigenvalue weighted by atomic mass is 19.1. The Kier molecular flexibility index (Phi) is 2.56. The van der Waals surface area contributed by atoms with E-state index in [0.29, 0.717) is 5.69 Å². The Morgan fingerprint density at radius 1 is 1.00 bits per heavy atom. The van der Waals surface area contributed by atoms with Crippen molar-refractivity contribution in [2.24, 2.45) is 5.73 Å². The minimum absolute atomic E-state index is 0.262. The molecule has 4 heteroatoms. The minimum atomic E-state index is -0.487. The van der Waals surface area contributed by atoms with E-state index in [0.717, 1.165) is 22.0 Å². The Labute approximate surface area is 108 Å². The molecular formula is C15H11FN2O. The third kappa shape index (κ3) is 2.08. The molecule has 1 aromatic heterocycles. The Balaban J connectivity index is 2.10. The van der Waals surface area contributed by atoms with Gasteiger partial charge in [-0.1, -0.05) is 18.2 Å². The normalized spacial score (nSPS) is 10.8. The third-order valence-corrected chi connectivity index (χ3v) is 3.06. The lowest BCUT2D eigenvalue weighted by molar-refractivity contribution is 0.0996. The molecule has 94 valence electrons. The van der Waals surface area contributed by atoms with E-state index in [1.165, 1.54) is 12.1 Å². The molecule has 0 radical (unpaired) electrons. The van der Waals surface area contributed by atoms with Crippen molar-refractivity contribution in [2.45, 2.75) is 0 Å². The van der Waals surface area contributed by atoms with Crippen molar-refractivity contribution in [3.05, 3.63) is 60.0 Å². The minimum Gasteiger partial charge on any atom is -0.364 e. The highest BCUT2D eigenvalue weighted by Gasteiger charge is 2.06. The largest absolute Gasteiger partial charge is 0.364 e. The van der Waals surface area contributed by atoms with E-state index in [-0.39, 0.29) is 5.82 Å². The van der Waals surface area contributed by atoms with Gasteiger partial charge in [-0.05, 0) is 41.5 Å². The van der Waals surface area contributed by atoms with Crippen molar-refractivity contribution in [1.29, 1.82) is 0 Å². The molecule has 19 heavy (non-hydrogen) atoms. The summed E-state index contributed by atoms with van der Waals surface area (Å²) in [6.07, 6.45) is 0. The number of fused-ring (bicyclic) bond motifs is 1. The van der Waals surface area contributed by atoms with Gasteiger partial charge >= 0.3 is 0 Å². The summed E-state index contributed by atoms with van der Waals surface area (Å²) in [6.45, 7) is 0. The van der Waals surface area contributed by atoms with Crippen LogP contribution in [0.5, 0.6) is 0 Å². The highest BCUT2D eigenvalue weighted by molar-refractivity contribution is 5.98. The maximum absolute atomic E-state index is 12.9. The van der Waals surface area contributed by atoms with E-state index in [2.05, 4.69) is 4.98 Å². The van der Waals surface area contributed by atoms with Crippen molar-refractivity contribution < 1.29 is 9.18 Å². The fraction of sp³-hybridized carbons (Fsp3) is 0. The molecule has 0 saturated carbocycles. The smallest absolute Gasteiger partial charge is 0.265 e. The monoisotopic (exact) mass is 254 g/mol. The zero-order chi connectivity index (χ0) is 13.4. The summed E-state index contributed by atoms with van der Waals surface area (Å²) >= 11 is 0. The van der Waals surface area contributed by atoms with Crippen LogP contribution in [0.1, 0.15) is 10.5 Å². The van der Waals surface area contributed by atoms with Crippen molar-refractivity contribution >= 4 is 16.8 Å². The number of halogens is 1. The van der Waals surface area contributed by atoms with Gasteiger partial charge in [0.15, 0.2) is 0 Å². The van der Waals surface area contributed by atoms with Crippen LogP contribution in [0.15, 0.2) is 48.5 Å². The van der Waals surface area contributed by atoms with Crippen LogP contribution in [0.3, 0.4) is 0 Å².